The van der Waals surface area contributed by atoms with Crippen LogP contribution in [0.4, 0.5) is 0 Å². The van der Waals surface area contributed by atoms with E-state index in [1.807, 2.05) is 36.6 Å². The molecule has 0 unspecified atom stereocenters. The van der Waals surface area contributed by atoms with Crippen molar-refractivity contribution in [3.63, 3.8) is 0 Å². The molecule has 3 aromatic rings. The largest absolute Gasteiger partial charge is 0.312 e. The number of carbonyl (C=O) groups excluding carboxylic acids is 1. The quantitative estimate of drug-likeness (QED) is 0.481. The minimum Gasteiger partial charge on any atom is -0.312 e. The SMILES string of the molecule is C=CCn1c(=NC(=O)c2cccc(SC)c2)sc2c(C)ccc(C)c21. The summed E-state index contributed by atoms with van der Waals surface area (Å²) in [6.07, 6.45) is 3.84. The molecule has 0 aliphatic carbocycles. The Morgan fingerprint density at radius 3 is 2.76 bits per heavy atom. The van der Waals surface area contributed by atoms with Crippen molar-refractivity contribution in [1.82, 2.24) is 4.57 Å². The minimum atomic E-state index is -0.212. The van der Waals surface area contributed by atoms with E-state index in [2.05, 4.69) is 42.1 Å². The van der Waals surface area contributed by atoms with Gasteiger partial charge in [-0.1, -0.05) is 35.6 Å². The lowest BCUT2D eigenvalue weighted by Gasteiger charge is -2.05. The van der Waals surface area contributed by atoms with Crippen molar-refractivity contribution in [3.05, 3.63) is 70.5 Å². The van der Waals surface area contributed by atoms with Crippen molar-refractivity contribution < 1.29 is 4.79 Å². The fourth-order valence-corrected chi connectivity index (χ4v) is 4.41. The number of carbonyl (C=O) groups is 1. The Morgan fingerprint density at radius 1 is 1.28 bits per heavy atom. The second-order valence-electron chi connectivity index (χ2n) is 5.81. The summed E-state index contributed by atoms with van der Waals surface area (Å²) in [6.45, 7) is 8.65. The first-order valence-electron chi connectivity index (χ1n) is 7.98. The molecule has 2 aromatic carbocycles. The fourth-order valence-electron chi connectivity index (χ4n) is 2.77. The Bertz CT molecular complexity index is 1030. The lowest BCUT2D eigenvalue weighted by Crippen LogP contribution is -2.16. The van der Waals surface area contributed by atoms with Gasteiger partial charge in [0.15, 0.2) is 4.80 Å². The number of hydrogen-bond donors (Lipinski definition) is 0. The monoisotopic (exact) mass is 368 g/mol. The zero-order valence-electron chi connectivity index (χ0n) is 14.6. The molecule has 3 nitrogen and oxygen atoms in total. The van der Waals surface area contributed by atoms with Gasteiger partial charge in [-0.3, -0.25) is 4.79 Å². The van der Waals surface area contributed by atoms with Crippen LogP contribution < -0.4 is 4.80 Å². The molecule has 0 atom stereocenters. The van der Waals surface area contributed by atoms with E-state index in [1.54, 1.807) is 23.1 Å². The maximum absolute atomic E-state index is 12.7. The summed E-state index contributed by atoms with van der Waals surface area (Å²) in [7, 11) is 0. The third-order valence-corrected chi connectivity index (χ3v) is 5.99. The van der Waals surface area contributed by atoms with Crippen LogP contribution in [0.15, 0.2) is 58.9 Å². The van der Waals surface area contributed by atoms with Gasteiger partial charge in [-0.05, 0) is 49.4 Å². The van der Waals surface area contributed by atoms with Gasteiger partial charge in [0, 0.05) is 17.0 Å². The van der Waals surface area contributed by atoms with Gasteiger partial charge in [0.25, 0.3) is 5.91 Å². The Labute approximate surface area is 155 Å². The number of hydrogen-bond acceptors (Lipinski definition) is 3. The van der Waals surface area contributed by atoms with Gasteiger partial charge in [-0.15, -0.1) is 18.3 Å². The minimum absolute atomic E-state index is 0.212. The second-order valence-corrected chi connectivity index (χ2v) is 7.67. The van der Waals surface area contributed by atoms with Crippen LogP contribution in [-0.2, 0) is 6.54 Å². The van der Waals surface area contributed by atoms with Crippen molar-refractivity contribution in [3.8, 4) is 0 Å². The summed E-state index contributed by atoms with van der Waals surface area (Å²) in [5, 5.41) is 0. The number of benzene rings is 2. The molecule has 0 saturated carbocycles. The van der Waals surface area contributed by atoms with E-state index >= 15 is 0 Å². The van der Waals surface area contributed by atoms with Crippen molar-refractivity contribution in [2.75, 3.05) is 6.26 Å². The number of thiazole rings is 1. The lowest BCUT2D eigenvalue weighted by atomic mass is 10.1. The predicted molar refractivity (Wildman–Crippen MR) is 108 cm³/mol. The maximum Gasteiger partial charge on any atom is 0.279 e. The molecule has 0 fully saturated rings. The topological polar surface area (TPSA) is 34.4 Å². The van der Waals surface area contributed by atoms with Gasteiger partial charge in [-0.2, -0.15) is 4.99 Å². The van der Waals surface area contributed by atoms with E-state index in [9.17, 15) is 4.79 Å². The zero-order chi connectivity index (χ0) is 18.0. The Morgan fingerprint density at radius 2 is 2.04 bits per heavy atom. The molecule has 0 spiro atoms. The highest BCUT2D eigenvalue weighted by Gasteiger charge is 2.12. The standard InChI is InChI=1S/C20H20N2OS2/c1-5-11-22-17-13(2)9-10-14(3)18(17)25-20(22)21-19(23)15-7-6-8-16(12-15)24-4/h5-10,12H,1,11H2,2-4H3. The highest BCUT2D eigenvalue weighted by atomic mass is 32.2. The molecule has 25 heavy (non-hydrogen) atoms. The molecule has 0 saturated heterocycles. The summed E-state index contributed by atoms with van der Waals surface area (Å²) >= 11 is 3.18. The van der Waals surface area contributed by atoms with Gasteiger partial charge in [0.2, 0.25) is 0 Å². The molecule has 0 aliphatic heterocycles. The molecule has 0 N–H and O–H groups in total. The Kier molecular flexibility index (Phi) is 5.25. The summed E-state index contributed by atoms with van der Waals surface area (Å²) < 4.78 is 3.25. The number of aryl methyl sites for hydroxylation is 2. The summed E-state index contributed by atoms with van der Waals surface area (Å²) in [5.41, 5.74) is 4.12. The average Bonchev–Trinajstić information content (AvgIpc) is 2.98. The van der Waals surface area contributed by atoms with E-state index in [1.165, 1.54) is 15.8 Å². The molecule has 0 radical (unpaired) electrons. The second kappa shape index (κ2) is 7.42. The molecule has 1 amide bonds. The van der Waals surface area contributed by atoms with Crippen molar-refractivity contribution in [1.29, 1.82) is 0 Å². The summed E-state index contributed by atoms with van der Waals surface area (Å²) in [6, 6.07) is 11.8. The maximum atomic E-state index is 12.7. The normalized spacial score (nSPS) is 11.9. The highest BCUT2D eigenvalue weighted by Crippen LogP contribution is 2.25. The van der Waals surface area contributed by atoms with Gasteiger partial charge in [0.05, 0.1) is 10.2 Å². The fraction of sp³-hybridized carbons (Fsp3) is 0.200. The van der Waals surface area contributed by atoms with E-state index in [4.69, 9.17) is 0 Å². The first-order chi connectivity index (χ1) is 12.0. The molecule has 5 heteroatoms. The van der Waals surface area contributed by atoms with Crippen LogP contribution in [-0.4, -0.2) is 16.7 Å². The number of nitrogens with zero attached hydrogens (tertiary/aromatic N) is 2. The van der Waals surface area contributed by atoms with E-state index in [-0.39, 0.29) is 5.91 Å². The average molecular weight is 369 g/mol. The molecule has 3 rings (SSSR count). The third-order valence-electron chi connectivity index (χ3n) is 4.05. The predicted octanol–water partition coefficient (Wildman–Crippen LogP) is 4.97. The van der Waals surface area contributed by atoms with Crippen molar-refractivity contribution >= 4 is 39.2 Å². The summed E-state index contributed by atoms with van der Waals surface area (Å²) in [5.74, 6) is -0.212. The smallest absolute Gasteiger partial charge is 0.279 e. The van der Waals surface area contributed by atoms with Crippen molar-refractivity contribution in [2.24, 2.45) is 4.99 Å². The number of amides is 1. The number of aromatic nitrogens is 1. The lowest BCUT2D eigenvalue weighted by molar-refractivity contribution is 0.0997. The number of allylic oxidation sites excluding steroid dienone is 1. The number of thioether (sulfide) groups is 1. The van der Waals surface area contributed by atoms with Gasteiger partial charge in [0.1, 0.15) is 0 Å². The molecule has 1 aromatic heterocycles. The molecular weight excluding hydrogens is 348 g/mol. The molecule has 1 heterocycles. The van der Waals surface area contributed by atoms with Crippen LogP contribution in [0.2, 0.25) is 0 Å². The molecule has 128 valence electrons. The van der Waals surface area contributed by atoms with Gasteiger partial charge in [-0.25, -0.2) is 0 Å². The van der Waals surface area contributed by atoms with E-state index < -0.39 is 0 Å². The number of fused-ring (bicyclic) bond motifs is 1. The van der Waals surface area contributed by atoms with Crippen LogP contribution in [0.3, 0.4) is 0 Å². The molecule has 0 bridgehead atoms. The zero-order valence-corrected chi connectivity index (χ0v) is 16.2. The highest BCUT2D eigenvalue weighted by molar-refractivity contribution is 7.98. The van der Waals surface area contributed by atoms with E-state index in [0.29, 0.717) is 16.9 Å². The van der Waals surface area contributed by atoms with Crippen LogP contribution in [0.1, 0.15) is 21.5 Å². The van der Waals surface area contributed by atoms with E-state index in [0.717, 1.165) is 10.4 Å². The third kappa shape index (κ3) is 3.48. The van der Waals surface area contributed by atoms with Crippen LogP contribution in [0.25, 0.3) is 10.2 Å². The Balaban J connectivity index is 2.20. The van der Waals surface area contributed by atoms with Crippen molar-refractivity contribution in [2.45, 2.75) is 25.3 Å². The van der Waals surface area contributed by atoms with Gasteiger partial charge >= 0.3 is 0 Å². The molecular formula is C20H20N2OS2. The van der Waals surface area contributed by atoms with Crippen LogP contribution >= 0.6 is 23.1 Å². The first kappa shape index (κ1) is 17.7. The van der Waals surface area contributed by atoms with Gasteiger partial charge < -0.3 is 4.57 Å². The summed E-state index contributed by atoms with van der Waals surface area (Å²) in [4.78, 5) is 18.9. The Hall–Kier alpha value is -2.11. The number of rotatable bonds is 4. The molecule has 0 aliphatic rings. The van der Waals surface area contributed by atoms with Crippen LogP contribution in [0.5, 0.6) is 0 Å². The first-order valence-corrected chi connectivity index (χ1v) is 10.0. The van der Waals surface area contributed by atoms with Crippen LogP contribution in [0, 0.1) is 13.8 Å².